The largest absolute Gasteiger partial charge is 0.303 e. The second-order valence-electron chi connectivity index (χ2n) is 5.47. The van der Waals surface area contributed by atoms with Crippen molar-refractivity contribution >= 4 is 15.9 Å². The van der Waals surface area contributed by atoms with Gasteiger partial charge in [0.05, 0.1) is 0 Å². The Morgan fingerprint density at radius 3 is 2.24 bits per heavy atom. The molecule has 2 aromatic carbocycles. The van der Waals surface area contributed by atoms with Crippen molar-refractivity contribution in [2.45, 2.75) is 45.7 Å². The third-order valence-electron chi connectivity index (χ3n) is 4.02. The molecule has 0 heterocycles. The number of hydrogen-bond acceptors (Lipinski definition) is 1. The summed E-state index contributed by atoms with van der Waals surface area (Å²) in [7, 11) is 0. The Hall–Kier alpha value is -1.12. The minimum Gasteiger partial charge on any atom is -0.303 e. The maximum Gasteiger partial charge on any atom is 0.0323 e. The van der Waals surface area contributed by atoms with Crippen LogP contribution in [0.15, 0.2) is 53.0 Å². The van der Waals surface area contributed by atoms with Crippen molar-refractivity contribution in [3.8, 4) is 0 Å². The molecule has 2 rings (SSSR count). The minimum atomic E-state index is 0.316. The van der Waals surface area contributed by atoms with Crippen LogP contribution >= 0.6 is 15.9 Å². The molecule has 1 unspecified atom stereocenters. The first-order valence-corrected chi connectivity index (χ1v) is 8.54. The van der Waals surface area contributed by atoms with E-state index in [4.69, 9.17) is 0 Å². The Labute approximate surface area is 136 Å². The third kappa shape index (κ3) is 4.18. The van der Waals surface area contributed by atoms with Crippen molar-refractivity contribution in [3.05, 3.63) is 69.7 Å². The van der Waals surface area contributed by atoms with Gasteiger partial charge in [-0.25, -0.2) is 0 Å². The first-order chi connectivity index (χ1) is 10.2. The van der Waals surface area contributed by atoms with Gasteiger partial charge in [-0.3, -0.25) is 0 Å². The van der Waals surface area contributed by atoms with Crippen LogP contribution in [0.5, 0.6) is 0 Å². The topological polar surface area (TPSA) is 12.0 Å². The summed E-state index contributed by atoms with van der Waals surface area (Å²) in [6.45, 7) is 6.65. The molecule has 0 aromatic heterocycles. The van der Waals surface area contributed by atoms with E-state index in [1.54, 1.807) is 0 Å². The molecular weight excluding hydrogens is 322 g/mol. The summed E-state index contributed by atoms with van der Waals surface area (Å²) < 4.78 is 1.17. The first-order valence-electron chi connectivity index (χ1n) is 7.75. The van der Waals surface area contributed by atoms with Gasteiger partial charge in [-0.05, 0) is 42.5 Å². The van der Waals surface area contributed by atoms with Crippen molar-refractivity contribution in [1.82, 2.24) is 5.32 Å². The summed E-state index contributed by atoms with van der Waals surface area (Å²) in [5.74, 6) is 0. The highest BCUT2D eigenvalue weighted by atomic mass is 79.9. The van der Waals surface area contributed by atoms with Gasteiger partial charge in [0, 0.05) is 16.6 Å². The van der Waals surface area contributed by atoms with Gasteiger partial charge in [0.15, 0.2) is 0 Å². The fourth-order valence-corrected chi connectivity index (χ4v) is 3.28. The standard InChI is InChI=1S/C19H24BrN/c1-4-15-10-12-16(13-11-15)19(5-2)21-14(3)17-8-6-7-9-18(17)20/h6-14,19,21H,4-5H2,1-3H3/t14-,19?/m0/s1. The summed E-state index contributed by atoms with van der Waals surface area (Å²) in [6, 6.07) is 18.1. The predicted octanol–water partition coefficient (Wildman–Crippen LogP) is 5.81. The van der Waals surface area contributed by atoms with E-state index in [2.05, 4.69) is 90.5 Å². The molecule has 0 aliphatic heterocycles. The van der Waals surface area contributed by atoms with E-state index < -0.39 is 0 Å². The Morgan fingerprint density at radius 1 is 1.00 bits per heavy atom. The molecule has 0 fully saturated rings. The Kier molecular flexibility index (Phi) is 6.01. The molecule has 21 heavy (non-hydrogen) atoms. The lowest BCUT2D eigenvalue weighted by molar-refractivity contribution is 0.455. The molecule has 0 spiro atoms. The van der Waals surface area contributed by atoms with Crippen LogP contribution in [0.1, 0.15) is 56.0 Å². The van der Waals surface area contributed by atoms with Crippen molar-refractivity contribution in [3.63, 3.8) is 0 Å². The highest BCUT2D eigenvalue weighted by molar-refractivity contribution is 9.10. The highest BCUT2D eigenvalue weighted by Crippen LogP contribution is 2.27. The number of benzene rings is 2. The van der Waals surface area contributed by atoms with Crippen molar-refractivity contribution in [2.75, 3.05) is 0 Å². The maximum absolute atomic E-state index is 3.75. The molecule has 112 valence electrons. The monoisotopic (exact) mass is 345 g/mol. The van der Waals surface area contributed by atoms with Crippen molar-refractivity contribution in [2.24, 2.45) is 0 Å². The van der Waals surface area contributed by atoms with Crippen LogP contribution in [-0.2, 0) is 6.42 Å². The Balaban J connectivity index is 2.13. The van der Waals surface area contributed by atoms with Gasteiger partial charge in [0.2, 0.25) is 0 Å². The van der Waals surface area contributed by atoms with E-state index in [0.717, 1.165) is 12.8 Å². The third-order valence-corrected chi connectivity index (χ3v) is 4.74. The minimum absolute atomic E-state index is 0.316. The van der Waals surface area contributed by atoms with Crippen LogP contribution in [0.4, 0.5) is 0 Å². The van der Waals surface area contributed by atoms with Crippen molar-refractivity contribution in [1.29, 1.82) is 0 Å². The summed E-state index contributed by atoms with van der Waals surface area (Å²) in [6.07, 6.45) is 2.18. The SMILES string of the molecule is CCc1ccc(C(CC)N[C@@H](C)c2ccccc2Br)cc1. The molecule has 2 atom stereocenters. The molecule has 1 nitrogen and oxygen atoms in total. The van der Waals surface area contributed by atoms with E-state index in [1.807, 2.05) is 0 Å². The van der Waals surface area contributed by atoms with Crippen molar-refractivity contribution < 1.29 is 0 Å². The normalized spacial score (nSPS) is 13.9. The highest BCUT2D eigenvalue weighted by Gasteiger charge is 2.15. The van der Waals surface area contributed by atoms with E-state index in [0.29, 0.717) is 12.1 Å². The molecule has 2 aromatic rings. The molecule has 1 N–H and O–H groups in total. The Morgan fingerprint density at radius 2 is 1.67 bits per heavy atom. The van der Waals surface area contributed by atoms with Gasteiger partial charge in [-0.15, -0.1) is 0 Å². The van der Waals surface area contributed by atoms with Crippen LogP contribution < -0.4 is 5.32 Å². The van der Waals surface area contributed by atoms with E-state index in [1.165, 1.54) is 21.2 Å². The first kappa shape index (κ1) is 16.3. The molecule has 0 aliphatic rings. The second-order valence-corrected chi connectivity index (χ2v) is 6.32. The van der Waals surface area contributed by atoms with Gasteiger partial charge < -0.3 is 5.32 Å². The molecular formula is C19H24BrN. The zero-order valence-electron chi connectivity index (χ0n) is 13.1. The van der Waals surface area contributed by atoms with E-state index in [-0.39, 0.29) is 0 Å². The van der Waals surface area contributed by atoms with Gasteiger partial charge in [0.1, 0.15) is 0 Å². The maximum atomic E-state index is 3.75. The lowest BCUT2D eigenvalue weighted by atomic mass is 9.99. The summed E-state index contributed by atoms with van der Waals surface area (Å²) in [4.78, 5) is 0. The predicted molar refractivity (Wildman–Crippen MR) is 94.5 cm³/mol. The fourth-order valence-electron chi connectivity index (χ4n) is 2.65. The molecule has 0 bridgehead atoms. The van der Waals surface area contributed by atoms with Gasteiger partial charge in [0.25, 0.3) is 0 Å². The van der Waals surface area contributed by atoms with E-state index in [9.17, 15) is 0 Å². The molecule has 0 amide bonds. The molecule has 0 saturated carbocycles. The van der Waals surface area contributed by atoms with Crippen LogP contribution in [0.3, 0.4) is 0 Å². The zero-order valence-corrected chi connectivity index (χ0v) is 14.7. The number of hydrogen-bond donors (Lipinski definition) is 1. The Bertz CT molecular complexity index is 562. The van der Waals surface area contributed by atoms with Crippen LogP contribution in [0.2, 0.25) is 0 Å². The quantitative estimate of drug-likeness (QED) is 0.696. The lowest BCUT2D eigenvalue weighted by Gasteiger charge is -2.24. The molecule has 0 saturated heterocycles. The van der Waals surface area contributed by atoms with E-state index >= 15 is 0 Å². The molecule has 0 radical (unpaired) electrons. The smallest absolute Gasteiger partial charge is 0.0323 e. The number of aryl methyl sites for hydroxylation is 1. The average molecular weight is 346 g/mol. The number of halogens is 1. The van der Waals surface area contributed by atoms with Crippen LogP contribution in [-0.4, -0.2) is 0 Å². The molecule has 0 aliphatic carbocycles. The van der Waals surface area contributed by atoms with Crippen LogP contribution in [0.25, 0.3) is 0 Å². The zero-order chi connectivity index (χ0) is 15.2. The molecule has 2 heteroatoms. The second kappa shape index (κ2) is 7.77. The number of rotatable bonds is 6. The van der Waals surface area contributed by atoms with Gasteiger partial charge in [-0.1, -0.05) is 72.2 Å². The summed E-state index contributed by atoms with van der Waals surface area (Å²) in [5, 5.41) is 3.75. The average Bonchev–Trinajstić information content (AvgIpc) is 2.53. The van der Waals surface area contributed by atoms with Gasteiger partial charge in [-0.2, -0.15) is 0 Å². The summed E-state index contributed by atoms with van der Waals surface area (Å²) in [5.41, 5.74) is 4.07. The fraction of sp³-hybridized carbons (Fsp3) is 0.368. The lowest BCUT2D eigenvalue weighted by Crippen LogP contribution is -2.24. The summed E-state index contributed by atoms with van der Waals surface area (Å²) >= 11 is 3.64. The van der Waals surface area contributed by atoms with Gasteiger partial charge >= 0.3 is 0 Å². The van der Waals surface area contributed by atoms with Crippen LogP contribution in [0, 0.1) is 0 Å². The number of nitrogens with one attached hydrogen (secondary N) is 1.